The van der Waals surface area contributed by atoms with Gasteiger partial charge in [-0.15, -0.1) is 0 Å². The molecule has 2 aromatic carbocycles. The lowest BCUT2D eigenvalue weighted by atomic mass is 9.96. The smallest absolute Gasteiger partial charge is 0.317 e. The van der Waals surface area contributed by atoms with Crippen LogP contribution in [0.15, 0.2) is 60.7 Å². The molecule has 1 aliphatic heterocycles. The summed E-state index contributed by atoms with van der Waals surface area (Å²) in [5.74, 6) is -0.909. The van der Waals surface area contributed by atoms with E-state index in [1.807, 2.05) is 12.1 Å². The van der Waals surface area contributed by atoms with Gasteiger partial charge in [0.2, 0.25) is 0 Å². The summed E-state index contributed by atoms with van der Waals surface area (Å²) in [6, 6.07) is 20.8. The van der Waals surface area contributed by atoms with Crippen LogP contribution >= 0.6 is 0 Å². The molecule has 1 fully saturated rings. The van der Waals surface area contributed by atoms with Crippen molar-refractivity contribution in [1.82, 2.24) is 15.1 Å². The topological polar surface area (TPSA) is 72.9 Å². The van der Waals surface area contributed by atoms with Gasteiger partial charge in [-0.1, -0.05) is 60.7 Å². The molecule has 0 unspecified atom stereocenters. The molecule has 0 aromatic heterocycles. The van der Waals surface area contributed by atoms with Crippen LogP contribution in [0.5, 0.6) is 0 Å². The van der Waals surface area contributed by atoms with Crippen molar-refractivity contribution in [3.63, 3.8) is 0 Å². The number of nitrogens with one attached hydrogen (secondary N) is 1. The highest BCUT2D eigenvalue weighted by molar-refractivity contribution is 5.75. The average Bonchev–Trinajstić information content (AvgIpc) is 2.70. The fourth-order valence-electron chi connectivity index (χ4n) is 3.46. The van der Waals surface area contributed by atoms with E-state index in [1.165, 1.54) is 11.1 Å². The molecule has 0 bridgehead atoms. The maximum absolute atomic E-state index is 12.2. The third kappa shape index (κ3) is 5.08. The molecule has 0 radical (unpaired) electrons. The maximum Gasteiger partial charge on any atom is 0.317 e. The number of carboxylic acids is 1. The second-order valence-corrected chi connectivity index (χ2v) is 6.62. The Morgan fingerprint density at radius 3 is 1.89 bits per heavy atom. The normalized spacial score (nSPS) is 14.9. The van der Waals surface area contributed by atoms with Gasteiger partial charge in [0.05, 0.1) is 12.5 Å². The van der Waals surface area contributed by atoms with Crippen LogP contribution in [-0.4, -0.2) is 59.6 Å². The largest absolute Gasteiger partial charge is 0.481 e. The Bertz CT molecular complexity index is 704. The van der Waals surface area contributed by atoms with Crippen molar-refractivity contribution in [3.05, 3.63) is 71.8 Å². The van der Waals surface area contributed by atoms with Crippen molar-refractivity contribution >= 4 is 12.0 Å². The van der Waals surface area contributed by atoms with E-state index in [2.05, 4.69) is 58.7 Å². The third-order valence-electron chi connectivity index (χ3n) is 4.81. The predicted octanol–water partition coefficient (Wildman–Crippen LogP) is 2.58. The molecule has 27 heavy (non-hydrogen) atoms. The number of urea groups is 1. The van der Waals surface area contributed by atoms with Gasteiger partial charge in [0, 0.05) is 32.7 Å². The number of carboxylic acid groups (broad SMARTS) is 1. The van der Waals surface area contributed by atoms with Crippen LogP contribution in [0, 0.1) is 0 Å². The van der Waals surface area contributed by atoms with E-state index in [0.717, 1.165) is 13.1 Å². The fraction of sp³-hybridized carbons (Fsp3) is 0.333. The molecular weight excluding hydrogens is 342 g/mol. The van der Waals surface area contributed by atoms with Gasteiger partial charge in [-0.2, -0.15) is 0 Å². The van der Waals surface area contributed by atoms with Crippen molar-refractivity contribution in [2.45, 2.75) is 12.5 Å². The summed E-state index contributed by atoms with van der Waals surface area (Å²) < 4.78 is 0. The molecule has 0 saturated carbocycles. The second-order valence-electron chi connectivity index (χ2n) is 6.62. The molecule has 0 aliphatic carbocycles. The number of carbonyl (C=O) groups excluding carboxylic acids is 1. The zero-order valence-corrected chi connectivity index (χ0v) is 15.3. The van der Waals surface area contributed by atoms with E-state index >= 15 is 0 Å². The van der Waals surface area contributed by atoms with E-state index in [1.54, 1.807) is 4.90 Å². The number of carbonyl (C=O) groups is 2. The number of piperazine rings is 1. The van der Waals surface area contributed by atoms with E-state index in [-0.39, 0.29) is 25.0 Å². The molecule has 2 aromatic rings. The predicted molar refractivity (Wildman–Crippen MR) is 104 cm³/mol. The first-order valence-electron chi connectivity index (χ1n) is 9.23. The highest BCUT2D eigenvalue weighted by atomic mass is 16.4. The zero-order valence-electron chi connectivity index (χ0n) is 15.3. The van der Waals surface area contributed by atoms with Crippen molar-refractivity contribution in [2.24, 2.45) is 0 Å². The molecule has 0 atom stereocenters. The van der Waals surface area contributed by atoms with Crippen molar-refractivity contribution in [1.29, 1.82) is 0 Å². The number of aliphatic carboxylic acids is 1. The maximum atomic E-state index is 12.2. The molecule has 0 spiro atoms. The number of hydrogen-bond acceptors (Lipinski definition) is 3. The Morgan fingerprint density at radius 1 is 0.889 bits per heavy atom. The average molecular weight is 367 g/mol. The second kappa shape index (κ2) is 9.19. The summed E-state index contributed by atoms with van der Waals surface area (Å²) in [6.45, 7) is 2.93. The number of benzene rings is 2. The minimum atomic E-state index is -0.909. The molecule has 6 heteroatoms. The van der Waals surface area contributed by atoms with Gasteiger partial charge in [0.25, 0.3) is 0 Å². The Labute approximate surface area is 159 Å². The first kappa shape index (κ1) is 18.9. The number of nitrogens with zero attached hydrogens (tertiary/aromatic N) is 2. The zero-order chi connectivity index (χ0) is 19.1. The monoisotopic (exact) mass is 367 g/mol. The Morgan fingerprint density at radius 2 is 1.41 bits per heavy atom. The number of rotatable bonds is 6. The molecule has 142 valence electrons. The van der Waals surface area contributed by atoms with Crippen LogP contribution < -0.4 is 5.32 Å². The Kier molecular flexibility index (Phi) is 6.44. The molecule has 2 N–H and O–H groups in total. The molecular formula is C21H25N3O3. The molecule has 3 rings (SSSR count). The van der Waals surface area contributed by atoms with Gasteiger partial charge in [-0.25, -0.2) is 4.79 Å². The lowest BCUT2D eigenvalue weighted by Crippen LogP contribution is -2.52. The molecule has 6 nitrogen and oxygen atoms in total. The first-order chi connectivity index (χ1) is 13.1. The summed E-state index contributed by atoms with van der Waals surface area (Å²) in [4.78, 5) is 26.9. The molecule has 1 saturated heterocycles. The van der Waals surface area contributed by atoms with Gasteiger partial charge in [-0.3, -0.25) is 9.69 Å². The van der Waals surface area contributed by atoms with E-state index < -0.39 is 5.97 Å². The van der Waals surface area contributed by atoms with Crippen molar-refractivity contribution < 1.29 is 14.7 Å². The summed E-state index contributed by atoms with van der Waals surface area (Å²) >= 11 is 0. The highest BCUT2D eigenvalue weighted by Gasteiger charge is 2.27. The lowest BCUT2D eigenvalue weighted by molar-refractivity contribution is -0.136. The minimum absolute atomic E-state index is 0.0597. The SMILES string of the molecule is O=C(O)CCNC(=O)N1CCN(C(c2ccccc2)c2ccccc2)CC1. The Hall–Kier alpha value is -2.86. The van der Waals surface area contributed by atoms with Crippen molar-refractivity contribution in [2.75, 3.05) is 32.7 Å². The molecule has 2 amide bonds. The van der Waals surface area contributed by atoms with E-state index in [9.17, 15) is 9.59 Å². The van der Waals surface area contributed by atoms with Gasteiger partial charge in [0.1, 0.15) is 0 Å². The quantitative estimate of drug-likeness (QED) is 0.823. The van der Waals surface area contributed by atoms with Crippen molar-refractivity contribution in [3.8, 4) is 0 Å². The molecule has 1 heterocycles. The van der Waals surface area contributed by atoms with Gasteiger partial charge in [-0.05, 0) is 11.1 Å². The standard InChI is InChI=1S/C21H25N3O3/c25-19(26)11-12-22-21(27)24-15-13-23(14-16-24)20(17-7-3-1-4-8-17)18-9-5-2-6-10-18/h1-10,20H,11-16H2,(H,22,27)(H,25,26). The van der Waals surface area contributed by atoms with Gasteiger partial charge in [0.15, 0.2) is 0 Å². The van der Waals surface area contributed by atoms with Gasteiger partial charge < -0.3 is 15.3 Å². The summed E-state index contributed by atoms with van der Waals surface area (Å²) in [5.41, 5.74) is 2.48. The highest BCUT2D eigenvalue weighted by Crippen LogP contribution is 2.29. The first-order valence-corrected chi connectivity index (χ1v) is 9.23. The number of amides is 2. The summed E-state index contributed by atoms with van der Waals surface area (Å²) in [6.07, 6.45) is -0.0597. The summed E-state index contributed by atoms with van der Waals surface area (Å²) in [7, 11) is 0. The lowest BCUT2D eigenvalue weighted by Gasteiger charge is -2.39. The van der Waals surface area contributed by atoms with Crippen LogP contribution in [0.4, 0.5) is 4.79 Å². The van der Waals surface area contributed by atoms with Crippen LogP contribution in [-0.2, 0) is 4.79 Å². The minimum Gasteiger partial charge on any atom is -0.481 e. The molecule has 1 aliphatic rings. The van der Waals surface area contributed by atoms with Gasteiger partial charge >= 0.3 is 12.0 Å². The fourth-order valence-corrected chi connectivity index (χ4v) is 3.46. The van der Waals surface area contributed by atoms with E-state index in [0.29, 0.717) is 13.1 Å². The third-order valence-corrected chi connectivity index (χ3v) is 4.81. The van der Waals surface area contributed by atoms with E-state index in [4.69, 9.17) is 5.11 Å². The number of hydrogen-bond donors (Lipinski definition) is 2. The van der Waals surface area contributed by atoms with Crippen LogP contribution in [0.3, 0.4) is 0 Å². The van der Waals surface area contributed by atoms with Crippen LogP contribution in [0.2, 0.25) is 0 Å². The van der Waals surface area contributed by atoms with Crippen LogP contribution in [0.25, 0.3) is 0 Å². The van der Waals surface area contributed by atoms with Crippen LogP contribution in [0.1, 0.15) is 23.6 Å². The Balaban J connectivity index is 1.65. The summed E-state index contributed by atoms with van der Waals surface area (Å²) in [5, 5.41) is 11.4.